The molecule has 0 saturated heterocycles. The Hall–Kier alpha value is -3.41. The first kappa shape index (κ1) is 17.4. The standard InChI is InChI=1S/C20H19N3O3/c1-14-7-9-16(10-8-14)19-17(20(25)26-13-18(21)24)12-23(22-19)11-15-5-3-2-4-6-15/h2-10,12H,11,13H2,1H3,(H2,21,24). The van der Waals surface area contributed by atoms with E-state index in [1.165, 1.54) is 0 Å². The van der Waals surface area contributed by atoms with Gasteiger partial charge < -0.3 is 10.5 Å². The van der Waals surface area contributed by atoms with Crippen molar-refractivity contribution in [3.05, 3.63) is 77.5 Å². The number of carbonyl (C=O) groups is 2. The number of hydrogen-bond donors (Lipinski definition) is 1. The lowest BCUT2D eigenvalue weighted by atomic mass is 10.1. The molecule has 0 spiro atoms. The van der Waals surface area contributed by atoms with Crippen LogP contribution in [0.2, 0.25) is 0 Å². The van der Waals surface area contributed by atoms with Crippen LogP contribution in [0.5, 0.6) is 0 Å². The summed E-state index contributed by atoms with van der Waals surface area (Å²) in [5.74, 6) is -1.33. The highest BCUT2D eigenvalue weighted by atomic mass is 16.5. The summed E-state index contributed by atoms with van der Waals surface area (Å²) in [6.07, 6.45) is 1.63. The number of benzene rings is 2. The lowest BCUT2D eigenvalue weighted by molar-refractivity contribution is -0.121. The van der Waals surface area contributed by atoms with Crippen LogP contribution in [0, 0.1) is 6.92 Å². The van der Waals surface area contributed by atoms with E-state index in [1.54, 1.807) is 10.9 Å². The highest BCUT2D eigenvalue weighted by Gasteiger charge is 2.20. The number of nitrogens with two attached hydrogens (primary N) is 1. The zero-order valence-corrected chi connectivity index (χ0v) is 14.4. The van der Waals surface area contributed by atoms with Crippen molar-refractivity contribution in [1.82, 2.24) is 9.78 Å². The van der Waals surface area contributed by atoms with Gasteiger partial charge in [0, 0.05) is 11.8 Å². The first-order valence-electron chi connectivity index (χ1n) is 8.17. The Balaban J connectivity index is 1.95. The van der Waals surface area contributed by atoms with Gasteiger partial charge in [-0.15, -0.1) is 0 Å². The lowest BCUT2D eigenvalue weighted by Crippen LogP contribution is -2.21. The molecule has 132 valence electrons. The van der Waals surface area contributed by atoms with Crippen LogP contribution in [0.3, 0.4) is 0 Å². The second kappa shape index (κ2) is 7.65. The predicted octanol–water partition coefficient (Wildman–Crippen LogP) is 2.55. The molecule has 0 aliphatic heterocycles. The van der Waals surface area contributed by atoms with Crippen LogP contribution in [0.15, 0.2) is 60.8 Å². The number of primary amides is 1. The maximum absolute atomic E-state index is 12.4. The third kappa shape index (κ3) is 4.16. The molecular formula is C20H19N3O3. The normalized spacial score (nSPS) is 10.5. The fraction of sp³-hybridized carbons (Fsp3) is 0.150. The number of aromatic nitrogens is 2. The second-order valence-electron chi connectivity index (χ2n) is 5.98. The Morgan fingerprint density at radius 2 is 1.77 bits per heavy atom. The number of rotatable bonds is 6. The van der Waals surface area contributed by atoms with E-state index in [0.29, 0.717) is 17.8 Å². The SMILES string of the molecule is Cc1ccc(-c2nn(Cc3ccccc3)cc2C(=O)OCC(N)=O)cc1. The summed E-state index contributed by atoms with van der Waals surface area (Å²) in [4.78, 5) is 23.3. The number of esters is 1. The number of carbonyl (C=O) groups excluding carboxylic acids is 2. The van der Waals surface area contributed by atoms with Gasteiger partial charge in [-0.25, -0.2) is 4.79 Å². The van der Waals surface area contributed by atoms with Gasteiger partial charge in [-0.2, -0.15) is 5.10 Å². The van der Waals surface area contributed by atoms with Gasteiger partial charge in [0.1, 0.15) is 11.3 Å². The summed E-state index contributed by atoms with van der Waals surface area (Å²) in [6, 6.07) is 17.5. The van der Waals surface area contributed by atoms with Crippen molar-refractivity contribution in [2.75, 3.05) is 6.61 Å². The van der Waals surface area contributed by atoms with Gasteiger partial charge in [0.15, 0.2) is 6.61 Å². The van der Waals surface area contributed by atoms with Crippen molar-refractivity contribution in [2.45, 2.75) is 13.5 Å². The molecule has 6 heteroatoms. The van der Waals surface area contributed by atoms with Crippen LogP contribution in [0.1, 0.15) is 21.5 Å². The third-order valence-corrected chi connectivity index (χ3v) is 3.84. The minimum Gasteiger partial charge on any atom is -0.452 e. The molecule has 0 aliphatic rings. The molecule has 0 radical (unpaired) electrons. The first-order valence-corrected chi connectivity index (χ1v) is 8.17. The molecule has 1 amide bonds. The van der Waals surface area contributed by atoms with Crippen LogP contribution in [0.25, 0.3) is 11.3 Å². The highest BCUT2D eigenvalue weighted by molar-refractivity contribution is 5.97. The van der Waals surface area contributed by atoms with Crippen LogP contribution < -0.4 is 5.73 Å². The van der Waals surface area contributed by atoms with Gasteiger partial charge in [0.2, 0.25) is 0 Å². The molecule has 6 nitrogen and oxygen atoms in total. The lowest BCUT2D eigenvalue weighted by Gasteiger charge is -2.03. The van der Waals surface area contributed by atoms with Crippen molar-refractivity contribution < 1.29 is 14.3 Å². The number of hydrogen-bond acceptors (Lipinski definition) is 4. The molecule has 26 heavy (non-hydrogen) atoms. The molecule has 0 bridgehead atoms. The molecule has 0 aliphatic carbocycles. The number of aryl methyl sites for hydroxylation is 1. The van der Waals surface area contributed by atoms with Gasteiger partial charge in [-0.3, -0.25) is 9.48 Å². The Morgan fingerprint density at radius 3 is 2.42 bits per heavy atom. The van der Waals surface area contributed by atoms with Crippen LogP contribution >= 0.6 is 0 Å². The van der Waals surface area contributed by atoms with Crippen molar-refractivity contribution in [3.63, 3.8) is 0 Å². The number of amides is 1. The molecule has 0 unspecified atom stereocenters. The summed E-state index contributed by atoms with van der Waals surface area (Å²) in [5, 5.41) is 4.55. The molecule has 1 heterocycles. The zero-order valence-electron chi connectivity index (χ0n) is 14.4. The molecule has 3 aromatic rings. The van der Waals surface area contributed by atoms with E-state index < -0.39 is 18.5 Å². The van der Waals surface area contributed by atoms with Crippen LogP contribution in [0.4, 0.5) is 0 Å². The fourth-order valence-corrected chi connectivity index (χ4v) is 2.56. The molecule has 0 fully saturated rings. The molecule has 2 N–H and O–H groups in total. The molecule has 3 rings (SSSR count). The van der Waals surface area contributed by atoms with Crippen LogP contribution in [-0.2, 0) is 16.1 Å². The minimum atomic E-state index is -0.702. The van der Waals surface area contributed by atoms with Gasteiger partial charge in [0.05, 0.1) is 6.54 Å². The molecule has 2 aromatic carbocycles. The molecule has 0 saturated carbocycles. The first-order chi connectivity index (χ1) is 12.5. The summed E-state index contributed by atoms with van der Waals surface area (Å²) < 4.78 is 6.66. The minimum absolute atomic E-state index is 0.297. The smallest absolute Gasteiger partial charge is 0.342 e. The monoisotopic (exact) mass is 349 g/mol. The number of nitrogens with zero attached hydrogens (tertiary/aromatic N) is 2. The highest BCUT2D eigenvalue weighted by Crippen LogP contribution is 2.24. The average molecular weight is 349 g/mol. The largest absolute Gasteiger partial charge is 0.452 e. The predicted molar refractivity (Wildman–Crippen MR) is 97.4 cm³/mol. The summed E-state index contributed by atoms with van der Waals surface area (Å²) >= 11 is 0. The van der Waals surface area contributed by atoms with Crippen molar-refractivity contribution >= 4 is 11.9 Å². The summed E-state index contributed by atoms with van der Waals surface area (Å²) in [7, 11) is 0. The van der Waals surface area contributed by atoms with E-state index in [9.17, 15) is 9.59 Å². The summed E-state index contributed by atoms with van der Waals surface area (Å²) in [6.45, 7) is 2.04. The Kier molecular flexibility index (Phi) is 5.12. The van der Waals surface area contributed by atoms with Gasteiger partial charge in [-0.05, 0) is 12.5 Å². The number of ether oxygens (including phenoxy) is 1. The van der Waals surface area contributed by atoms with E-state index in [0.717, 1.165) is 16.7 Å². The quantitative estimate of drug-likeness (QED) is 0.693. The average Bonchev–Trinajstić information content (AvgIpc) is 3.05. The van der Waals surface area contributed by atoms with Gasteiger partial charge in [-0.1, -0.05) is 60.2 Å². The zero-order chi connectivity index (χ0) is 18.5. The van der Waals surface area contributed by atoms with E-state index >= 15 is 0 Å². The molecule has 0 atom stereocenters. The Bertz CT molecular complexity index is 915. The van der Waals surface area contributed by atoms with Gasteiger partial charge in [0.25, 0.3) is 5.91 Å². The molecular weight excluding hydrogens is 330 g/mol. The van der Waals surface area contributed by atoms with Crippen molar-refractivity contribution in [2.24, 2.45) is 5.73 Å². The fourth-order valence-electron chi connectivity index (χ4n) is 2.56. The van der Waals surface area contributed by atoms with Crippen molar-refractivity contribution in [1.29, 1.82) is 0 Å². The maximum Gasteiger partial charge on any atom is 0.342 e. The summed E-state index contributed by atoms with van der Waals surface area (Å²) in [5.41, 5.74) is 8.83. The van der Waals surface area contributed by atoms with E-state index in [2.05, 4.69) is 5.10 Å². The van der Waals surface area contributed by atoms with Crippen molar-refractivity contribution in [3.8, 4) is 11.3 Å². The second-order valence-corrected chi connectivity index (χ2v) is 5.98. The Labute approximate surface area is 151 Å². The third-order valence-electron chi connectivity index (χ3n) is 3.84. The Morgan fingerprint density at radius 1 is 1.08 bits per heavy atom. The van der Waals surface area contributed by atoms with E-state index in [1.807, 2.05) is 61.5 Å². The van der Waals surface area contributed by atoms with E-state index in [-0.39, 0.29) is 0 Å². The molecule has 1 aromatic heterocycles. The van der Waals surface area contributed by atoms with Gasteiger partial charge >= 0.3 is 5.97 Å². The van der Waals surface area contributed by atoms with E-state index in [4.69, 9.17) is 10.5 Å². The van der Waals surface area contributed by atoms with Crippen LogP contribution in [-0.4, -0.2) is 28.3 Å². The maximum atomic E-state index is 12.4. The topological polar surface area (TPSA) is 87.2 Å².